The normalized spacial score (nSPS) is 9.95. The maximum atomic E-state index is 11.6. The van der Waals surface area contributed by atoms with E-state index in [1.807, 2.05) is 30.3 Å². The minimum atomic E-state index is -0.257. The average molecular weight is 276 g/mol. The smallest absolute Gasteiger partial charge is 0.320 e. The van der Waals surface area contributed by atoms with Gasteiger partial charge in [0.2, 0.25) is 0 Å². The first-order chi connectivity index (χ1) is 9.24. The van der Waals surface area contributed by atoms with Crippen LogP contribution in [0.3, 0.4) is 0 Å². The number of pyridine rings is 1. The first-order valence-electron chi connectivity index (χ1n) is 5.94. The number of carbonyl (C=O) groups excluding carboxylic acids is 1. The van der Waals surface area contributed by atoms with Gasteiger partial charge in [-0.1, -0.05) is 29.8 Å². The van der Waals surface area contributed by atoms with E-state index in [0.717, 1.165) is 12.0 Å². The Hall–Kier alpha value is -2.07. The lowest BCUT2D eigenvalue weighted by Gasteiger charge is -2.06. The standard InChI is InChI=1S/C14H14ClN3O/c15-12-6-4-11(5-7-12)8-10-17-14(19)18-13-3-1-2-9-16-13/h1-7,9H,8,10H2,(H2,16,17,18,19). The van der Waals surface area contributed by atoms with Gasteiger partial charge < -0.3 is 5.32 Å². The fourth-order valence-electron chi connectivity index (χ4n) is 1.57. The molecule has 2 amide bonds. The Bertz CT molecular complexity index is 528. The van der Waals surface area contributed by atoms with E-state index < -0.39 is 0 Å². The minimum absolute atomic E-state index is 0.257. The molecular weight excluding hydrogens is 262 g/mol. The first kappa shape index (κ1) is 13.4. The molecule has 0 aliphatic carbocycles. The third kappa shape index (κ3) is 4.60. The number of hydrogen-bond donors (Lipinski definition) is 2. The number of benzene rings is 1. The van der Waals surface area contributed by atoms with Crippen molar-refractivity contribution in [2.75, 3.05) is 11.9 Å². The largest absolute Gasteiger partial charge is 0.337 e. The molecule has 0 aliphatic rings. The Kier molecular flexibility index (Phi) is 4.75. The molecule has 19 heavy (non-hydrogen) atoms. The highest BCUT2D eigenvalue weighted by atomic mass is 35.5. The molecule has 98 valence electrons. The van der Waals surface area contributed by atoms with Crippen molar-refractivity contribution in [3.63, 3.8) is 0 Å². The van der Waals surface area contributed by atoms with Crippen molar-refractivity contribution in [1.29, 1.82) is 0 Å². The number of carbonyl (C=O) groups is 1. The summed E-state index contributed by atoms with van der Waals surface area (Å²) in [5, 5.41) is 6.14. The molecule has 2 rings (SSSR count). The van der Waals surface area contributed by atoms with Gasteiger partial charge in [0, 0.05) is 17.8 Å². The van der Waals surface area contributed by atoms with Crippen molar-refractivity contribution >= 4 is 23.4 Å². The van der Waals surface area contributed by atoms with Gasteiger partial charge in [0.05, 0.1) is 0 Å². The second-order valence-electron chi connectivity index (χ2n) is 3.97. The van der Waals surface area contributed by atoms with Gasteiger partial charge in [-0.15, -0.1) is 0 Å². The average Bonchev–Trinajstić information content (AvgIpc) is 2.42. The van der Waals surface area contributed by atoms with E-state index in [2.05, 4.69) is 15.6 Å². The second-order valence-corrected chi connectivity index (χ2v) is 4.41. The summed E-state index contributed by atoms with van der Waals surface area (Å²) in [6.45, 7) is 0.556. The van der Waals surface area contributed by atoms with E-state index in [0.29, 0.717) is 17.4 Å². The van der Waals surface area contributed by atoms with Crippen LogP contribution < -0.4 is 10.6 Å². The van der Waals surface area contributed by atoms with Crippen LogP contribution in [0.15, 0.2) is 48.7 Å². The van der Waals surface area contributed by atoms with Crippen LogP contribution in [-0.2, 0) is 6.42 Å². The third-order valence-corrected chi connectivity index (χ3v) is 2.77. The molecule has 5 heteroatoms. The lowest BCUT2D eigenvalue weighted by Crippen LogP contribution is -2.30. The molecule has 1 aromatic carbocycles. The van der Waals surface area contributed by atoms with Crippen molar-refractivity contribution < 1.29 is 4.79 Å². The van der Waals surface area contributed by atoms with Crippen LogP contribution >= 0.6 is 11.6 Å². The number of rotatable bonds is 4. The molecule has 1 heterocycles. The zero-order valence-corrected chi connectivity index (χ0v) is 11.0. The molecule has 0 fully saturated rings. The monoisotopic (exact) mass is 275 g/mol. The summed E-state index contributed by atoms with van der Waals surface area (Å²) in [4.78, 5) is 15.6. The molecule has 0 bridgehead atoms. The van der Waals surface area contributed by atoms with Crippen molar-refractivity contribution in [2.45, 2.75) is 6.42 Å². The van der Waals surface area contributed by atoms with Crippen LogP contribution in [0.4, 0.5) is 10.6 Å². The van der Waals surface area contributed by atoms with Crippen LogP contribution in [0.1, 0.15) is 5.56 Å². The van der Waals surface area contributed by atoms with E-state index in [-0.39, 0.29) is 6.03 Å². The highest BCUT2D eigenvalue weighted by Gasteiger charge is 2.01. The van der Waals surface area contributed by atoms with Crippen LogP contribution in [0.5, 0.6) is 0 Å². The van der Waals surface area contributed by atoms with Crippen molar-refractivity contribution in [3.05, 3.63) is 59.2 Å². The number of anilines is 1. The number of aromatic nitrogens is 1. The second kappa shape index (κ2) is 6.75. The van der Waals surface area contributed by atoms with E-state index in [4.69, 9.17) is 11.6 Å². The summed E-state index contributed by atoms with van der Waals surface area (Å²) < 4.78 is 0. The summed E-state index contributed by atoms with van der Waals surface area (Å²) in [7, 11) is 0. The van der Waals surface area contributed by atoms with Gasteiger partial charge in [0.15, 0.2) is 0 Å². The molecule has 2 N–H and O–H groups in total. The van der Waals surface area contributed by atoms with Gasteiger partial charge in [-0.2, -0.15) is 0 Å². The van der Waals surface area contributed by atoms with Crippen LogP contribution in [0.2, 0.25) is 5.02 Å². The summed E-state index contributed by atoms with van der Waals surface area (Å²) in [5.41, 5.74) is 1.13. The molecular formula is C14H14ClN3O. The summed E-state index contributed by atoms with van der Waals surface area (Å²) in [5.74, 6) is 0.534. The predicted octanol–water partition coefficient (Wildman–Crippen LogP) is 3.10. The quantitative estimate of drug-likeness (QED) is 0.901. The maximum absolute atomic E-state index is 11.6. The van der Waals surface area contributed by atoms with Crippen LogP contribution in [0, 0.1) is 0 Å². The lowest BCUT2D eigenvalue weighted by atomic mass is 10.1. The number of hydrogen-bond acceptors (Lipinski definition) is 2. The maximum Gasteiger partial charge on any atom is 0.320 e. The van der Waals surface area contributed by atoms with Crippen molar-refractivity contribution in [2.24, 2.45) is 0 Å². The third-order valence-electron chi connectivity index (χ3n) is 2.52. The minimum Gasteiger partial charge on any atom is -0.337 e. The van der Waals surface area contributed by atoms with Crippen LogP contribution in [-0.4, -0.2) is 17.6 Å². The fourth-order valence-corrected chi connectivity index (χ4v) is 1.69. The lowest BCUT2D eigenvalue weighted by molar-refractivity contribution is 0.252. The Labute approximate surface area is 116 Å². The van der Waals surface area contributed by atoms with Gasteiger partial charge in [-0.05, 0) is 36.2 Å². The van der Waals surface area contributed by atoms with Gasteiger partial charge in [0.25, 0.3) is 0 Å². The molecule has 1 aromatic heterocycles. The Morgan fingerprint density at radius 1 is 1.16 bits per heavy atom. The Balaban J connectivity index is 1.74. The van der Waals surface area contributed by atoms with Gasteiger partial charge >= 0.3 is 6.03 Å². The highest BCUT2D eigenvalue weighted by molar-refractivity contribution is 6.30. The van der Waals surface area contributed by atoms with E-state index >= 15 is 0 Å². The van der Waals surface area contributed by atoms with E-state index in [1.165, 1.54) is 0 Å². The molecule has 0 aliphatic heterocycles. The topological polar surface area (TPSA) is 54.0 Å². The van der Waals surface area contributed by atoms with Gasteiger partial charge in [-0.3, -0.25) is 5.32 Å². The molecule has 0 radical (unpaired) electrons. The number of nitrogens with one attached hydrogen (secondary N) is 2. The predicted molar refractivity (Wildman–Crippen MR) is 76.4 cm³/mol. The van der Waals surface area contributed by atoms with Gasteiger partial charge in [-0.25, -0.2) is 9.78 Å². The SMILES string of the molecule is O=C(NCCc1ccc(Cl)cc1)Nc1ccccn1. The first-order valence-corrected chi connectivity index (χ1v) is 6.32. The summed E-state index contributed by atoms with van der Waals surface area (Å²) in [6.07, 6.45) is 2.39. The molecule has 0 unspecified atom stereocenters. The van der Waals surface area contributed by atoms with E-state index in [1.54, 1.807) is 18.3 Å². The number of halogens is 1. The van der Waals surface area contributed by atoms with Crippen molar-refractivity contribution in [1.82, 2.24) is 10.3 Å². The van der Waals surface area contributed by atoms with Crippen LogP contribution in [0.25, 0.3) is 0 Å². The number of urea groups is 1. The Morgan fingerprint density at radius 3 is 2.63 bits per heavy atom. The zero-order valence-electron chi connectivity index (χ0n) is 10.3. The molecule has 0 spiro atoms. The molecule has 0 saturated carbocycles. The summed E-state index contributed by atoms with van der Waals surface area (Å²) in [6, 6.07) is 12.7. The summed E-state index contributed by atoms with van der Waals surface area (Å²) >= 11 is 5.80. The zero-order chi connectivity index (χ0) is 13.5. The van der Waals surface area contributed by atoms with Crippen molar-refractivity contribution in [3.8, 4) is 0 Å². The van der Waals surface area contributed by atoms with E-state index in [9.17, 15) is 4.79 Å². The molecule has 4 nitrogen and oxygen atoms in total. The molecule has 0 atom stereocenters. The number of nitrogens with zero attached hydrogens (tertiary/aromatic N) is 1. The van der Waals surface area contributed by atoms with Gasteiger partial charge in [0.1, 0.15) is 5.82 Å². The highest BCUT2D eigenvalue weighted by Crippen LogP contribution is 2.09. The molecule has 2 aromatic rings. The molecule has 0 saturated heterocycles. The number of amides is 2. The Morgan fingerprint density at radius 2 is 1.95 bits per heavy atom. The fraction of sp³-hybridized carbons (Fsp3) is 0.143.